The molecule has 2 rings (SSSR count). The average Bonchev–Trinajstić information content (AvgIpc) is 2.69. The first kappa shape index (κ1) is 20.4. The molecule has 0 radical (unpaired) electrons. The Hall–Kier alpha value is -2.89. The highest BCUT2D eigenvalue weighted by molar-refractivity contribution is 5.93. The van der Waals surface area contributed by atoms with Crippen molar-refractivity contribution in [2.75, 3.05) is 39.2 Å². The van der Waals surface area contributed by atoms with Crippen LogP contribution in [-0.4, -0.2) is 39.9 Å². The predicted molar refractivity (Wildman–Crippen MR) is 110 cm³/mol. The molecule has 6 nitrogen and oxygen atoms in total. The molecule has 0 fully saturated rings. The van der Waals surface area contributed by atoms with Gasteiger partial charge in [-0.05, 0) is 44.0 Å². The molecule has 6 heteroatoms. The van der Waals surface area contributed by atoms with Gasteiger partial charge in [-0.15, -0.1) is 0 Å². The molecule has 0 aliphatic heterocycles. The zero-order chi connectivity index (χ0) is 19.5. The molecule has 0 spiro atoms. The van der Waals surface area contributed by atoms with Gasteiger partial charge in [0.25, 0.3) is 0 Å². The van der Waals surface area contributed by atoms with E-state index < -0.39 is 0 Å². The number of para-hydroxylation sites is 1. The van der Waals surface area contributed by atoms with Crippen LogP contribution in [-0.2, 0) is 6.42 Å². The van der Waals surface area contributed by atoms with Crippen molar-refractivity contribution in [3.05, 3.63) is 48.0 Å². The van der Waals surface area contributed by atoms with Crippen molar-refractivity contribution in [3.8, 4) is 17.2 Å². The second kappa shape index (κ2) is 11.0. The largest absolute Gasteiger partial charge is 0.494 e. The Kier molecular flexibility index (Phi) is 8.29. The quantitative estimate of drug-likeness (QED) is 0.519. The highest BCUT2D eigenvalue weighted by Crippen LogP contribution is 2.29. The Morgan fingerprint density at radius 2 is 1.74 bits per heavy atom. The van der Waals surface area contributed by atoms with E-state index in [-0.39, 0.29) is 0 Å². The lowest BCUT2D eigenvalue weighted by molar-refractivity contribution is 0.336. The number of anilines is 1. The number of benzene rings is 2. The second-order valence-electron chi connectivity index (χ2n) is 5.75. The average molecular weight is 371 g/mol. The van der Waals surface area contributed by atoms with Crippen molar-refractivity contribution in [2.45, 2.75) is 20.3 Å². The minimum absolute atomic E-state index is 0.646. The maximum Gasteiger partial charge on any atom is 0.195 e. The molecule has 2 aromatic rings. The number of guanidine groups is 1. The number of aliphatic imine (C=N–C) groups is 1. The van der Waals surface area contributed by atoms with E-state index in [1.807, 2.05) is 50.2 Å². The molecule has 0 saturated heterocycles. The maximum absolute atomic E-state index is 5.68. The fraction of sp³-hybridized carbons (Fsp3) is 0.381. The van der Waals surface area contributed by atoms with Crippen molar-refractivity contribution < 1.29 is 14.2 Å². The van der Waals surface area contributed by atoms with Gasteiger partial charge in [0, 0.05) is 24.8 Å². The van der Waals surface area contributed by atoms with Crippen LogP contribution in [0.5, 0.6) is 17.2 Å². The van der Waals surface area contributed by atoms with Crippen LogP contribution in [0.15, 0.2) is 47.5 Å². The summed E-state index contributed by atoms with van der Waals surface area (Å²) in [5, 5.41) is 6.56. The van der Waals surface area contributed by atoms with Crippen molar-refractivity contribution in [1.29, 1.82) is 0 Å². The first-order chi connectivity index (χ1) is 13.2. The van der Waals surface area contributed by atoms with Gasteiger partial charge in [-0.3, -0.25) is 4.99 Å². The molecule has 0 heterocycles. The fourth-order valence-electron chi connectivity index (χ4n) is 2.65. The van der Waals surface area contributed by atoms with E-state index in [0.29, 0.717) is 24.7 Å². The first-order valence-electron chi connectivity index (χ1n) is 9.19. The third-order valence-electron chi connectivity index (χ3n) is 3.91. The van der Waals surface area contributed by atoms with Crippen molar-refractivity contribution >= 4 is 11.6 Å². The van der Waals surface area contributed by atoms with Gasteiger partial charge in [0.05, 0.1) is 20.8 Å². The van der Waals surface area contributed by atoms with Crippen LogP contribution in [0.1, 0.15) is 19.4 Å². The summed E-state index contributed by atoms with van der Waals surface area (Å²) < 4.78 is 16.3. The minimum Gasteiger partial charge on any atom is -0.494 e. The Bertz CT molecular complexity index is 747. The highest BCUT2D eigenvalue weighted by Gasteiger charge is 2.07. The molecule has 0 aliphatic carbocycles. The number of nitrogens with zero attached hydrogens (tertiary/aromatic N) is 1. The zero-order valence-corrected chi connectivity index (χ0v) is 16.5. The molecular weight excluding hydrogens is 342 g/mol. The van der Waals surface area contributed by atoms with Crippen LogP contribution in [0.3, 0.4) is 0 Å². The van der Waals surface area contributed by atoms with E-state index in [0.717, 1.165) is 35.9 Å². The third kappa shape index (κ3) is 6.09. The molecule has 27 heavy (non-hydrogen) atoms. The second-order valence-corrected chi connectivity index (χ2v) is 5.75. The van der Waals surface area contributed by atoms with Crippen LogP contribution in [0, 0.1) is 0 Å². The monoisotopic (exact) mass is 371 g/mol. The van der Waals surface area contributed by atoms with Gasteiger partial charge in [0.1, 0.15) is 5.75 Å². The molecule has 0 bridgehead atoms. The molecule has 0 atom stereocenters. The summed E-state index contributed by atoms with van der Waals surface area (Å²) in [4.78, 5) is 4.67. The van der Waals surface area contributed by atoms with Crippen LogP contribution < -0.4 is 24.8 Å². The first-order valence-corrected chi connectivity index (χ1v) is 9.19. The molecule has 0 aliphatic rings. The number of ether oxygens (including phenoxy) is 3. The number of hydrogen-bond donors (Lipinski definition) is 2. The SMILES string of the molecule is CCNC(=NCCc1ccccc1OCC)Nc1ccc(OC)c(OC)c1. The number of rotatable bonds is 9. The lowest BCUT2D eigenvalue weighted by Crippen LogP contribution is -2.30. The summed E-state index contributed by atoms with van der Waals surface area (Å²) in [5.41, 5.74) is 2.03. The predicted octanol–water partition coefficient (Wildman–Crippen LogP) is 3.72. The van der Waals surface area contributed by atoms with Crippen LogP contribution in [0.25, 0.3) is 0 Å². The van der Waals surface area contributed by atoms with Crippen molar-refractivity contribution in [1.82, 2.24) is 5.32 Å². The Labute approximate surface area is 161 Å². The van der Waals surface area contributed by atoms with Crippen LogP contribution >= 0.6 is 0 Å². The van der Waals surface area contributed by atoms with Gasteiger partial charge in [0.2, 0.25) is 0 Å². The summed E-state index contributed by atoms with van der Waals surface area (Å²) in [7, 11) is 3.24. The van der Waals surface area contributed by atoms with Gasteiger partial charge in [-0.1, -0.05) is 18.2 Å². The van der Waals surface area contributed by atoms with Gasteiger partial charge < -0.3 is 24.8 Å². The molecular formula is C21H29N3O3. The summed E-state index contributed by atoms with van der Waals surface area (Å²) in [6.07, 6.45) is 0.804. The van der Waals surface area contributed by atoms with E-state index in [9.17, 15) is 0 Å². The van der Waals surface area contributed by atoms with Crippen LogP contribution in [0.4, 0.5) is 5.69 Å². The van der Waals surface area contributed by atoms with E-state index in [1.165, 1.54) is 0 Å². The molecule has 0 unspecified atom stereocenters. The van der Waals surface area contributed by atoms with Gasteiger partial charge in [-0.25, -0.2) is 0 Å². The van der Waals surface area contributed by atoms with E-state index in [2.05, 4.69) is 21.7 Å². The Morgan fingerprint density at radius 3 is 2.44 bits per heavy atom. The molecule has 146 valence electrons. The lowest BCUT2D eigenvalue weighted by Gasteiger charge is -2.14. The summed E-state index contributed by atoms with van der Waals surface area (Å²) in [6.45, 7) is 6.10. The Balaban J connectivity index is 2.06. The van der Waals surface area contributed by atoms with Gasteiger partial charge in [-0.2, -0.15) is 0 Å². The molecule has 0 saturated carbocycles. The molecule has 0 amide bonds. The molecule has 2 aromatic carbocycles. The summed E-state index contributed by atoms with van der Waals surface area (Å²) in [5.74, 6) is 3.01. The van der Waals surface area contributed by atoms with E-state index >= 15 is 0 Å². The van der Waals surface area contributed by atoms with E-state index in [1.54, 1.807) is 14.2 Å². The lowest BCUT2D eigenvalue weighted by atomic mass is 10.1. The zero-order valence-electron chi connectivity index (χ0n) is 16.5. The molecule has 2 N–H and O–H groups in total. The van der Waals surface area contributed by atoms with Crippen LogP contribution in [0.2, 0.25) is 0 Å². The number of nitrogens with one attached hydrogen (secondary N) is 2. The number of hydrogen-bond acceptors (Lipinski definition) is 4. The molecule has 0 aromatic heterocycles. The number of methoxy groups -OCH3 is 2. The highest BCUT2D eigenvalue weighted by atomic mass is 16.5. The summed E-state index contributed by atoms with van der Waals surface area (Å²) in [6, 6.07) is 13.8. The Morgan fingerprint density at radius 1 is 0.963 bits per heavy atom. The normalized spacial score (nSPS) is 11.0. The smallest absolute Gasteiger partial charge is 0.195 e. The van der Waals surface area contributed by atoms with Gasteiger partial charge in [0.15, 0.2) is 17.5 Å². The maximum atomic E-state index is 5.68. The van der Waals surface area contributed by atoms with Crippen molar-refractivity contribution in [3.63, 3.8) is 0 Å². The fourth-order valence-corrected chi connectivity index (χ4v) is 2.65. The third-order valence-corrected chi connectivity index (χ3v) is 3.91. The van der Waals surface area contributed by atoms with Gasteiger partial charge >= 0.3 is 0 Å². The minimum atomic E-state index is 0.646. The van der Waals surface area contributed by atoms with E-state index in [4.69, 9.17) is 14.2 Å². The van der Waals surface area contributed by atoms with Crippen molar-refractivity contribution in [2.24, 2.45) is 4.99 Å². The standard InChI is InChI=1S/C21H29N3O3/c1-5-22-21(24-17-11-12-19(25-3)20(15-17)26-4)23-14-13-16-9-7-8-10-18(16)27-6-2/h7-12,15H,5-6,13-14H2,1-4H3,(H2,22,23,24). The summed E-state index contributed by atoms with van der Waals surface area (Å²) >= 11 is 0. The topological polar surface area (TPSA) is 64.1 Å².